The molecule has 1 N–H and O–H groups in total. The fourth-order valence-corrected chi connectivity index (χ4v) is 1.37. The third-order valence-corrected chi connectivity index (χ3v) is 2.19. The summed E-state index contributed by atoms with van der Waals surface area (Å²) in [6.07, 6.45) is 0. The van der Waals surface area contributed by atoms with Crippen molar-refractivity contribution in [3.8, 4) is 5.75 Å². The Morgan fingerprint density at radius 2 is 2.21 bits per heavy atom. The molecule has 0 bridgehead atoms. The van der Waals surface area contributed by atoms with E-state index in [0.29, 0.717) is 5.75 Å². The van der Waals surface area contributed by atoms with Gasteiger partial charge in [0.15, 0.2) is 11.6 Å². The predicted molar refractivity (Wildman–Crippen MR) is 55.0 cm³/mol. The van der Waals surface area contributed by atoms with Gasteiger partial charge in [-0.15, -0.1) is 0 Å². The van der Waals surface area contributed by atoms with Crippen molar-refractivity contribution in [2.45, 2.75) is 19.9 Å². The van der Waals surface area contributed by atoms with Crippen LogP contribution in [-0.4, -0.2) is 13.7 Å². The Bertz CT molecular complexity index is 301. The molecule has 0 fully saturated rings. The van der Waals surface area contributed by atoms with Crippen LogP contribution in [0.5, 0.6) is 5.75 Å². The van der Waals surface area contributed by atoms with Crippen LogP contribution >= 0.6 is 0 Å². The molecule has 1 unspecified atom stereocenters. The molecule has 0 amide bonds. The molecular formula is C11H16FNO. The summed E-state index contributed by atoms with van der Waals surface area (Å²) in [5.41, 5.74) is 1.03. The summed E-state index contributed by atoms with van der Waals surface area (Å²) in [5, 5.41) is 3.25. The second-order valence-electron chi connectivity index (χ2n) is 3.17. The molecule has 0 aromatic heterocycles. The van der Waals surface area contributed by atoms with Crippen molar-refractivity contribution in [2.24, 2.45) is 0 Å². The molecule has 0 aliphatic carbocycles. The van der Waals surface area contributed by atoms with Crippen molar-refractivity contribution in [1.82, 2.24) is 5.32 Å². The first-order valence-corrected chi connectivity index (χ1v) is 4.75. The van der Waals surface area contributed by atoms with Crippen LogP contribution in [0.2, 0.25) is 0 Å². The summed E-state index contributed by atoms with van der Waals surface area (Å²) in [7, 11) is 1.47. The van der Waals surface area contributed by atoms with Gasteiger partial charge in [-0.25, -0.2) is 4.39 Å². The lowest BCUT2D eigenvalue weighted by Crippen LogP contribution is -2.17. The average molecular weight is 197 g/mol. The molecule has 0 aliphatic heterocycles. The molecule has 1 atom stereocenters. The minimum atomic E-state index is -0.319. The zero-order chi connectivity index (χ0) is 10.6. The van der Waals surface area contributed by atoms with E-state index >= 15 is 0 Å². The van der Waals surface area contributed by atoms with Crippen LogP contribution < -0.4 is 10.1 Å². The molecule has 1 aromatic rings. The number of ether oxygens (including phenoxy) is 1. The molecule has 1 aromatic carbocycles. The van der Waals surface area contributed by atoms with Crippen LogP contribution in [0.4, 0.5) is 4.39 Å². The summed E-state index contributed by atoms with van der Waals surface area (Å²) >= 11 is 0. The maximum absolute atomic E-state index is 13.1. The monoisotopic (exact) mass is 197 g/mol. The van der Waals surface area contributed by atoms with Gasteiger partial charge < -0.3 is 10.1 Å². The second-order valence-corrected chi connectivity index (χ2v) is 3.17. The van der Waals surface area contributed by atoms with Gasteiger partial charge >= 0.3 is 0 Å². The van der Waals surface area contributed by atoms with E-state index in [1.54, 1.807) is 12.1 Å². The Morgan fingerprint density at radius 3 is 2.79 bits per heavy atom. The van der Waals surface area contributed by atoms with Crippen LogP contribution in [0.25, 0.3) is 0 Å². The van der Waals surface area contributed by atoms with E-state index in [1.807, 2.05) is 13.8 Å². The van der Waals surface area contributed by atoms with Gasteiger partial charge in [-0.1, -0.05) is 13.0 Å². The van der Waals surface area contributed by atoms with Crippen LogP contribution in [-0.2, 0) is 0 Å². The van der Waals surface area contributed by atoms with Gasteiger partial charge in [-0.2, -0.15) is 0 Å². The quantitative estimate of drug-likeness (QED) is 0.800. The largest absolute Gasteiger partial charge is 0.494 e. The highest BCUT2D eigenvalue weighted by Gasteiger charge is 2.07. The number of benzene rings is 1. The lowest BCUT2D eigenvalue weighted by molar-refractivity contribution is 0.385. The fourth-order valence-electron chi connectivity index (χ4n) is 1.37. The second kappa shape index (κ2) is 4.96. The number of nitrogens with one attached hydrogen (secondary N) is 1. The molecule has 0 spiro atoms. The lowest BCUT2D eigenvalue weighted by Gasteiger charge is -2.13. The van der Waals surface area contributed by atoms with Gasteiger partial charge in [0, 0.05) is 6.04 Å². The number of hydrogen-bond donors (Lipinski definition) is 1. The Balaban J connectivity index is 2.88. The third kappa shape index (κ3) is 2.45. The van der Waals surface area contributed by atoms with Crippen LogP contribution in [0.15, 0.2) is 18.2 Å². The first kappa shape index (κ1) is 11.0. The maximum atomic E-state index is 13.1. The SMILES string of the molecule is CCNC(C)c1ccc(F)c(OC)c1. The molecule has 78 valence electrons. The summed E-state index contributed by atoms with van der Waals surface area (Å²) in [4.78, 5) is 0. The minimum absolute atomic E-state index is 0.217. The van der Waals surface area contributed by atoms with Crippen molar-refractivity contribution < 1.29 is 9.13 Å². The smallest absolute Gasteiger partial charge is 0.165 e. The summed E-state index contributed by atoms with van der Waals surface area (Å²) in [6.45, 7) is 4.97. The van der Waals surface area contributed by atoms with Gasteiger partial charge in [0.05, 0.1) is 7.11 Å². The average Bonchev–Trinajstić information content (AvgIpc) is 2.19. The first-order valence-electron chi connectivity index (χ1n) is 4.75. The van der Waals surface area contributed by atoms with E-state index < -0.39 is 0 Å². The van der Waals surface area contributed by atoms with E-state index in [1.165, 1.54) is 13.2 Å². The highest BCUT2D eigenvalue weighted by Crippen LogP contribution is 2.22. The summed E-state index contributed by atoms with van der Waals surface area (Å²) < 4.78 is 18.0. The molecule has 0 saturated heterocycles. The molecule has 0 heterocycles. The number of rotatable bonds is 4. The highest BCUT2D eigenvalue weighted by molar-refractivity contribution is 5.31. The highest BCUT2D eigenvalue weighted by atomic mass is 19.1. The number of methoxy groups -OCH3 is 1. The van der Waals surface area contributed by atoms with Crippen molar-refractivity contribution in [3.63, 3.8) is 0 Å². The molecule has 3 heteroatoms. The first-order chi connectivity index (χ1) is 6.69. The molecule has 14 heavy (non-hydrogen) atoms. The van der Waals surface area contributed by atoms with Crippen molar-refractivity contribution in [1.29, 1.82) is 0 Å². The van der Waals surface area contributed by atoms with Gasteiger partial charge in [0.1, 0.15) is 0 Å². The van der Waals surface area contributed by atoms with Crippen LogP contribution in [0.3, 0.4) is 0 Å². The van der Waals surface area contributed by atoms with Gasteiger partial charge in [0.25, 0.3) is 0 Å². The summed E-state index contributed by atoms with van der Waals surface area (Å²) in [6, 6.07) is 5.14. The Morgan fingerprint density at radius 1 is 1.50 bits per heavy atom. The molecule has 1 rings (SSSR count). The molecule has 0 radical (unpaired) electrons. The molecule has 0 saturated carbocycles. The third-order valence-electron chi connectivity index (χ3n) is 2.19. The van der Waals surface area contributed by atoms with E-state index in [9.17, 15) is 4.39 Å². The molecular weight excluding hydrogens is 181 g/mol. The van der Waals surface area contributed by atoms with E-state index in [0.717, 1.165) is 12.1 Å². The molecule has 0 aliphatic rings. The Kier molecular flexibility index (Phi) is 3.89. The standard InChI is InChI=1S/C11H16FNO/c1-4-13-8(2)9-5-6-10(12)11(7-9)14-3/h5-8,13H,4H2,1-3H3. The minimum Gasteiger partial charge on any atom is -0.494 e. The zero-order valence-corrected chi connectivity index (χ0v) is 8.80. The van der Waals surface area contributed by atoms with Gasteiger partial charge in [-0.3, -0.25) is 0 Å². The van der Waals surface area contributed by atoms with E-state index in [4.69, 9.17) is 4.74 Å². The van der Waals surface area contributed by atoms with Crippen LogP contribution in [0.1, 0.15) is 25.5 Å². The van der Waals surface area contributed by atoms with Crippen molar-refractivity contribution in [3.05, 3.63) is 29.6 Å². The number of halogens is 1. The van der Waals surface area contributed by atoms with Crippen LogP contribution in [0, 0.1) is 5.82 Å². The topological polar surface area (TPSA) is 21.3 Å². The van der Waals surface area contributed by atoms with Crippen molar-refractivity contribution in [2.75, 3.05) is 13.7 Å². The molecule has 2 nitrogen and oxygen atoms in total. The van der Waals surface area contributed by atoms with E-state index in [-0.39, 0.29) is 11.9 Å². The fraction of sp³-hybridized carbons (Fsp3) is 0.455. The van der Waals surface area contributed by atoms with Crippen molar-refractivity contribution >= 4 is 0 Å². The van der Waals surface area contributed by atoms with Gasteiger partial charge in [-0.05, 0) is 31.2 Å². The van der Waals surface area contributed by atoms with E-state index in [2.05, 4.69) is 5.32 Å². The lowest BCUT2D eigenvalue weighted by atomic mass is 10.1. The zero-order valence-electron chi connectivity index (χ0n) is 8.80. The normalized spacial score (nSPS) is 12.6. The predicted octanol–water partition coefficient (Wildman–Crippen LogP) is 2.50. The summed E-state index contributed by atoms with van der Waals surface area (Å²) in [5.74, 6) is -0.0211. The van der Waals surface area contributed by atoms with Gasteiger partial charge in [0.2, 0.25) is 0 Å². The Labute approximate surface area is 84.1 Å². The Hall–Kier alpha value is -1.09. The number of hydrogen-bond acceptors (Lipinski definition) is 2. The maximum Gasteiger partial charge on any atom is 0.165 e.